The summed E-state index contributed by atoms with van der Waals surface area (Å²) in [5.74, 6) is -9.41. The van der Waals surface area contributed by atoms with E-state index in [0.717, 1.165) is 38.5 Å². The molecule has 648 valence electrons. The van der Waals surface area contributed by atoms with Gasteiger partial charge in [0, 0.05) is 48.6 Å². The highest BCUT2D eigenvalue weighted by Crippen LogP contribution is 2.60. The van der Waals surface area contributed by atoms with Crippen LogP contribution in [0.2, 0.25) is 0 Å². The van der Waals surface area contributed by atoms with Crippen LogP contribution < -0.4 is 28.4 Å². The molecule has 32 heteroatoms. The average Bonchev–Trinajstić information content (AvgIpc) is 1.57. The van der Waals surface area contributed by atoms with E-state index in [1.807, 2.05) is 114 Å². The van der Waals surface area contributed by atoms with Gasteiger partial charge in [-0.2, -0.15) is 36.3 Å². The van der Waals surface area contributed by atoms with Crippen LogP contribution in [0.15, 0.2) is 85.0 Å². The first-order valence-corrected chi connectivity index (χ1v) is 44.0. The number of pyridine rings is 2. The van der Waals surface area contributed by atoms with Gasteiger partial charge in [-0.1, -0.05) is 88.4 Å². The van der Waals surface area contributed by atoms with Gasteiger partial charge in [-0.05, 0) is 205 Å². The van der Waals surface area contributed by atoms with Crippen molar-refractivity contribution in [3.05, 3.63) is 85.0 Å². The SMILES string of the molecule is CC(C)Oc1cc2ccccc2c(O[C@@H]2C[C@H]3C(=O)C[C@]4(C(=O)NS(=O)(=O)C5(C)CC5)C[C@H]4/C=C\CC[C@@H](C)C[C@@H](C)[C@H](CC(=O)OC(C)(C)C(F)(F)F)C(=O)N3C2)n1.CC(C)Oc1cc2ccccc2c(O[C@@H]2C[C@H]3C(=O)C[C@]4(C(=O)NS(=O)(=O)C5(C)CC5)C[C@H]4/C=C\CC[C@H](C)C[C@@H](C)[C@H](CC(=O)OC(C)(C)C(F)(F)F)C(=O)N3C2)n1. The molecule has 14 atom stereocenters. The third kappa shape index (κ3) is 20.3. The first-order chi connectivity index (χ1) is 54.9. The van der Waals surface area contributed by atoms with E-state index in [0.29, 0.717) is 86.7 Å². The number of sulfonamides is 2. The van der Waals surface area contributed by atoms with Gasteiger partial charge in [0.25, 0.3) is 0 Å². The minimum atomic E-state index is -4.87. The third-order valence-electron chi connectivity index (χ3n) is 25.1. The molecule has 0 unspecified atom stereocenters. The molecular weight excluding hydrogens is 1580 g/mol. The number of benzene rings is 2. The Morgan fingerprint density at radius 1 is 0.542 bits per heavy atom. The van der Waals surface area contributed by atoms with Crippen molar-refractivity contribution in [2.75, 3.05) is 13.1 Å². The molecule has 8 aliphatic rings. The van der Waals surface area contributed by atoms with Crippen LogP contribution >= 0.6 is 0 Å². The maximum absolute atomic E-state index is 14.9. The second kappa shape index (κ2) is 34.2. The largest absolute Gasteiger partial charge is 0.475 e. The number of carbonyl (C=O) groups is 8. The fourth-order valence-electron chi connectivity index (χ4n) is 16.7. The molecule has 2 aromatic carbocycles. The number of Topliss-reactive ketones (excluding diaryl/α,β-unsaturated/α-hetero) is 2. The van der Waals surface area contributed by atoms with Crippen LogP contribution in [0.5, 0.6) is 23.5 Å². The summed E-state index contributed by atoms with van der Waals surface area (Å²) in [5, 5.41) is 2.84. The summed E-state index contributed by atoms with van der Waals surface area (Å²) < 4.78 is 173. The average molecular weight is 1700 g/mol. The van der Waals surface area contributed by atoms with Gasteiger partial charge in [0.2, 0.25) is 78.4 Å². The van der Waals surface area contributed by atoms with Gasteiger partial charge in [-0.25, -0.2) is 16.8 Å². The molecule has 4 aliphatic heterocycles. The van der Waals surface area contributed by atoms with E-state index in [9.17, 15) is 81.5 Å². The maximum atomic E-state index is 14.9. The molecule has 0 radical (unpaired) electrons. The van der Waals surface area contributed by atoms with Crippen LogP contribution in [0.1, 0.15) is 213 Å². The lowest BCUT2D eigenvalue weighted by Gasteiger charge is -2.33. The Labute approximate surface area is 686 Å². The van der Waals surface area contributed by atoms with Crippen LogP contribution in [-0.4, -0.2) is 166 Å². The van der Waals surface area contributed by atoms with Crippen molar-refractivity contribution in [3.63, 3.8) is 0 Å². The molecule has 4 saturated carbocycles. The number of rotatable bonds is 20. The van der Waals surface area contributed by atoms with Crippen LogP contribution in [0.4, 0.5) is 26.3 Å². The number of hydrogen-bond acceptors (Lipinski definition) is 20. The lowest BCUT2D eigenvalue weighted by molar-refractivity contribution is -0.257. The van der Waals surface area contributed by atoms with Crippen molar-refractivity contribution >= 4 is 88.7 Å². The van der Waals surface area contributed by atoms with Crippen molar-refractivity contribution in [2.24, 2.45) is 58.2 Å². The zero-order valence-electron chi connectivity index (χ0n) is 69.5. The molecular formula is C86H112F6N6O18S2. The molecule has 4 aliphatic carbocycles. The zero-order chi connectivity index (χ0) is 86.6. The second-order valence-electron chi connectivity index (χ2n) is 36.5. The molecule has 2 saturated heterocycles. The summed E-state index contributed by atoms with van der Waals surface area (Å²) in [6.45, 7) is 20.7. The number of halogens is 6. The van der Waals surface area contributed by atoms with Gasteiger partial charge in [-0.15, -0.1) is 0 Å². The Morgan fingerprint density at radius 2 is 0.890 bits per heavy atom. The predicted molar refractivity (Wildman–Crippen MR) is 425 cm³/mol. The molecule has 118 heavy (non-hydrogen) atoms. The fourth-order valence-corrected chi connectivity index (χ4v) is 19.3. The van der Waals surface area contributed by atoms with Crippen molar-refractivity contribution in [1.29, 1.82) is 0 Å². The number of aromatic nitrogens is 2. The molecule has 2 N–H and O–H groups in total. The topological polar surface area (TPSA) is 317 Å². The van der Waals surface area contributed by atoms with Crippen molar-refractivity contribution in [3.8, 4) is 23.5 Å². The normalized spacial score (nSPS) is 29.4. The van der Waals surface area contributed by atoms with E-state index in [2.05, 4.69) is 19.4 Å². The number of nitrogens with zero attached hydrogens (tertiary/aromatic N) is 4. The predicted octanol–water partition coefficient (Wildman–Crippen LogP) is 14.5. The summed E-state index contributed by atoms with van der Waals surface area (Å²) in [6, 6.07) is 15.9. The van der Waals surface area contributed by atoms with E-state index < -0.39 is 184 Å². The Hall–Kier alpha value is -8.42. The number of fused-ring (bicyclic) bond motifs is 6. The quantitative estimate of drug-likeness (QED) is 0.0472. The van der Waals surface area contributed by atoms with E-state index in [1.165, 1.54) is 9.80 Å². The van der Waals surface area contributed by atoms with Gasteiger partial charge in [0.1, 0.15) is 12.2 Å². The molecule has 2 aromatic heterocycles. The molecule has 0 bridgehead atoms. The highest BCUT2D eigenvalue weighted by Gasteiger charge is 2.65. The minimum Gasteiger partial charge on any atom is -0.475 e. The van der Waals surface area contributed by atoms with Gasteiger partial charge < -0.3 is 38.2 Å². The number of carbonyl (C=O) groups excluding carboxylic acids is 8. The van der Waals surface area contributed by atoms with Crippen LogP contribution in [0.3, 0.4) is 0 Å². The second-order valence-corrected chi connectivity index (χ2v) is 40.9. The number of ether oxygens (including phenoxy) is 6. The van der Waals surface area contributed by atoms with E-state index in [4.69, 9.17) is 28.4 Å². The monoisotopic (exact) mass is 1690 g/mol. The highest BCUT2D eigenvalue weighted by molar-refractivity contribution is 7.92. The van der Waals surface area contributed by atoms with Crippen molar-refractivity contribution < 1.29 is 110 Å². The first-order valence-electron chi connectivity index (χ1n) is 41.1. The minimum absolute atomic E-state index is 0.0150. The van der Waals surface area contributed by atoms with Crippen molar-refractivity contribution in [2.45, 2.75) is 282 Å². The van der Waals surface area contributed by atoms with Crippen molar-refractivity contribution in [1.82, 2.24) is 29.2 Å². The lowest BCUT2D eigenvalue weighted by atomic mass is 9.82. The number of nitrogens with one attached hydrogen (secondary N) is 2. The Balaban J connectivity index is 0.000000231. The smallest absolute Gasteiger partial charge is 0.427 e. The molecule has 6 fully saturated rings. The molecule has 12 rings (SSSR count). The van der Waals surface area contributed by atoms with Gasteiger partial charge in [0.15, 0.2) is 11.6 Å². The van der Waals surface area contributed by atoms with E-state index in [1.54, 1.807) is 39.8 Å². The van der Waals surface area contributed by atoms with Crippen LogP contribution in [0, 0.1) is 58.2 Å². The van der Waals surface area contributed by atoms with Gasteiger partial charge in [-0.3, -0.25) is 47.8 Å². The molecule has 0 spiro atoms. The number of esters is 2. The number of allylic oxidation sites excluding steroid dienone is 4. The van der Waals surface area contributed by atoms with E-state index in [-0.39, 0.29) is 87.4 Å². The zero-order valence-corrected chi connectivity index (χ0v) is 71.2. The maximum Gasteiger partial charge on any atom is 0.427 e. The number of ketones is 2. The Morgan fingerprint density at radius 3 is 1.22 bits per heavy atom. The number of hydrogen-bond donors (Lipinski definition) is 2. The van der Waals surface area contributed by atoms with Gasteiger partial charge in [0.05, 0.1) is 82.4 Å². The molecule has 24 nitrogen and oxygen atoms in total. The van der Waals surface area contributed by atoms with Gasteiger partial charge >= 0.3 is 24.3 Å². The van der Waals surface area contributed by atoms with Crippen LogP contribution in [-0.2, 0) is 67.9 Å². The Bertz CT molecular complexity index is 4500. The Kier molecular flexibility index (Phi) is 26.2. The molecule has 4 aromatic rings. The number of amides is 4. The summed E-state index contributed by atoms with van der Waals surface area (Å²) >= 11 is 0. The highest BCUT2D eigenvalue weighted by atomic mass is 32.2. The molecule has 6 heterocycles. The summed E-state index contributed by atoms with van der Waals surface area (Å²) in [5.41, 5.74) is -8.40. The lowest BCUT2D eigenvalue weighted by Crippen LogP contribution is -2.48. The fraction of sp³-hybridized carbons (Fsp3) is 0.651. The first kappa shape index (κ1) is 90.3. The summed E-state index contributed by atoms with van der Waals surface area (Å²) in [6.07, 6.45) is -0.935. The standard InChI is InChI=1S/2C43H56F3N3O9S/c2*1-25(2)56-35-19-28-13-9-11-15-31(28)37(47-35)57-30-20-33-34(50)23-42(39(53)48-59(54,55)41(7)16-17-41)22-29(42)14-10-8-12-26(3)18-27(4)32(38(52)49(33)24-30)21-36(51)58-40(5,6)43(44,45)46/h2*9-11,13-15,19,25-27,29-30,32-33H,8,12,16-18,20-24H2,1-7H3,(H,48,53)/b2*14-10-/t26-,27+,29+,30+,32-,33-,42+;26-,27-,29-,30-,32+,33+,42-/m01/s1. The van der Waals surface area contributed by atoms with Crippen LogP contribution in [0.25, 0.3) is 21.5 Å². The van der Waals surface area contributed by atoms with E-state index >= 15 is 0 Å². The summed E-state index contributed by atoms with van der Waals surface area (Å²) in [4.78, 5) is 126. The molecule has 4 amide bonds. The third-order valence-corrected chi connectivity index (χ3v) is 29.4. The summed E-state index contributed by atoms with van der Waals surface area (Å²) in [7, 11) is -8.07. The number of alkyl halides is 6.